The highest BCUT2D eigenvalue weighted by Gasteiger charge is 2.56. The topological polar surface area (TPSA) is 29.1 Å². The van der Waals surface area contributed by atoms with Gasteiger partial charge in [0.05, 0.1) is 5.56 Å². The van der Waals surface area contributed by atoms with Crippen LogP contribution in [0.2, 0.25) is 0 Å². The van der Waals surface area contributed by atoms with Gasteiger partial charge in [-0.1, -0.05) is 64.1 Å². The summed E-state index contributed by atoms with van der Waals surface area (Å²) in [5.41, 5.74) is -0.0126. The minimum atomic E-state index is -4.33. The molecular weight excluding hydrogens is 351 g/mol. The summed E-state index contributed by atoms with van der Waals surface area (Å²) >= 11 is 0. The molecule has 148 valence electrons. The first-order chi connectivity index (χ1) is 12.4. The molecule has 1 aromatic rings. The van der Waals surface area contributed by atoms with Gasteiger partial charge in [-0.15, -0.1) is 0 Å². The normalized spacial score (nSPS) is 23.1. The number of halogens is 3. The van der Waals surface area contributed by atoms with Crippen LogP contribution in [0.3, 0.4) is 0 Å². The molecule has 2 nitrogen and oxygen atoms in total. The molecular formula is C22H28F3NO. The lowest BCUT2D eigenvalue weighted by Crippen LogP contribution is -2.34. The van der Waals surface area contributed by atoms with E-state index in [-0.39, 0.29) is 29.2 Å². The van der Waals surface area contributed by atoms with Crippen LogP contribution in [-0.2, 0) is 11.0 Å². The number of carbonyl (C=O) groups excluding carboxylic acids is 1. The van der Waals surface area contributed by atoms with Gasteiger partial charge in [0.25, 0.3) is 0 Å². The van der Waals surface area contributed by atoms with Gasteiger partial charge >= 0.3 is 6.18 Å². The summed E-state index contributed by atoms with van der Waals surface area (Å²) in [5.74, 6) is 0.395. The predicted molar refractivity (Wildman–Crippen MR) is 102 cm³/mol. The van der Waals surface area contributed by atoms with E-state index in [9.17, 15) is 18.0 Å². The van der Waals surface area contributed by atoms with Gasteiger partial charge in [0, 0.05) is 12.1 Å². The Balaban J connectivity index is 2.01. The van der Waals surface area contributed by atoms with Gasteiger partial charge in [-0.05, 0) is 41.7 Å². The Labute approximate surface area is 159 Å². The highest BCUT2D eigenvalue weighted by molar-refractivity contribution is 5.87. The molecule has 0 heterocycles. The fourth-order valence-electron chi connectivity index (χ4n) is 3.35. The van der Waals surface area contributed by atoms with Crippen LogP contribution < -0.4 is 5.32 Å². The van der Waals surface area contributed by atoms with E-state index in [1.807, 2.05) is 40.7 Å². The van der Waals surface area contributed by atoms with Gasteiger partial charge in [-0.2, -0.15) is 13.2 Å². The fraction of sp³-hybridized carbons (Fsp3) is 0.500. The van der Waals surface area contributed by atoms with Crippen molar-refractivity contribution in [1.29, 1.82) is 0 Å². The molecule has 0 bridgehead atoms. The molecule has 1 aliphatic carbocycles. The maximum absolute atomic E-state index is 12.9. The molecule has 1 unspecified atom stereocenters. The van der Waals surface area contributed by atoms with Crippen molar-refractivity contribution in [2.24, 2.45) is 17.3 Å². The van der Waals surface area contributed by atoms with Crippen LogP contribution >= 0.6 is 0 Å². The zero-order valence-electron chi connectivity index (χ0n) is 16.5. The van der Waals surface area contributed by atoms with Crippen LogP contribution in [0.5, 0.6) is 0 Å². The van der Waals surface area contributed by atoms with Gasteiger partial charge in [-0.3, -0.25) is 4.79 Å². The van der Waals surface area contributed by atoms with E-state index in [0.29, 0.717) is 11.5 Å². The molecule has 5 heteroatoms. The van der Waals surface area contributed by atoms with E-state index < -0.39 is 11.7 Å². The van der Waals surface area contributed by atoms with E-state index in [0.717, 1.165) is 6.07 Å². The van der Waals surface area contributed by atoms with Gasteiger partial charge in [-0.25, -0.2) is 0 Å². The standard InChI is InChI=1S/C22H28F3NO/c1-14(2)15(3)26-19(27)12-7-6-11-18-20(21(18,4)5)16-9-8-10-17(13-16)22(23,24)25/h6-15,18,20H,1-5H3,(H,26,27)/t15?,18-,20-/m1/s1. The van der Waals surface area contributed by atoms with Gasteiger partial charge in [0.1, 0.15) is 0 Å². The molecule has 0 aromatic heterocycles. The Morgan fingerprint density at radius 1 is 1.19 bits per heavy atom. The lowest BCUT2D eigenvalue weighted by atomic mass is 10.0. The molecule has 0 saturated heterocycles. The predicted octanol–water partition coefficient (Wildman–Crippen LogP) is 5.72. The second kappa shape index (κ2) is 7.91. The number of amides is 1. The molecule has 27 heavy (non-hydrogen) atoms. The number of allylic oxidation sites excluding steroid dienone is 3. The van der Waals surface area contributed by atoms with E-state index in [4.69, 9.17) is 0 Å². The number of benzene rings is 1. The van der Waals surface area contributed by atoms with E-state index >= 15 is 0 Å². The van der Waals surface area contributed by atoms with Crippen molar-refractivity contribution < 1.29 is 18.0 Å². The summed E-state index contributed by atoms with van der Waals surface area (Å²) in [6, 6.07) is 5.67. The van der Waals surface area contributed by atoms with Crippen molar-refractivity contribution in [3.8, 4) is 0 Å². The molecule has 2 rings (SSSR count). The third-order valence-corrected chi connectivity index (χ3v) is 5.53. The average Bonchev–Trinajstić information content (AvgIpc) is 3.11. The Morgan fingerprint density at radius 2 is 1.85 bits per heavy atom. The van der Waals surface area contributed by atoms with Gasteiger partial charge in [0.2, 0.25) is 5.91 Å². The van der Waals surface area contributed by atoms with Crippen molar-refractivity contribution in [2.75, 3.05) is 0 Å². The van der Waals surface area contributed by atoms with Crippen LogP contribution in [0.15, 0.2) is 48.6 Å². The monoisotopic (exact) mass is 379 g/mol. The summed E-state index contributed by atoms with van der Waals surface area (Å²) in [6.07, 6.45) is 2.61. The Kier molecular flexibility index (Phi) is 6.23. The maximum Gasteiger partial charge on any atom is 0.416 e. The Bertz CT molecular complexity index is 731. The zero-order valence-corrected chi connectivity index (χ0v) is 16.5. The second-order valence-electron chi connectivity index (χ2n) is 8.23. The second-order valence-corrected chi connectivity index (χ2v) is 8.23. The molecule has 1 aliphatic rings. The van der Waals surface area contributed by atoms with Gasteiger partial charge in [0.15, 0.2) is 0 Å². The molecule has 1 amide bonds. The number of carbonyl (C=O) groups is 1. The van der Waals surface area contributed by atoms with Crippen LogP contribution in [-0.4, -0.2) is 11.9 Å². The summed E-state index contributed by atoms with van der Waals surface area (Å²) < 4.78 is 38.8. The zero-order chi connectivity index (χ0) is 20.4. The van der Waals surface area contributed by atoms with Crippen molar-refractivity contribution in [1.82, 2.24) is 5.32 Å². The molecule has 3 atom stereocenters. The van der Waals surface area contributed by atoms with Crippen LogP contribution in [0.4, 0.5) is 13.2 Å². The number of rotatable bonds is 6. The molecule has 1 saturated carbocycles. The SMILES string of the molecule is CC(C)C(C)NC(=O)C=CC=C[C@@H]1[C@@H](c2cccc(C(F)(F)F)c2)C1(C)C. The summed E-state index contributed by atoms with van der Waals surface area (Å²) in [4.78, 5) is 11.8. The summed E-state index contributed by atoms with van der Waals surface area (Å²) in [6.45, 7) is 10.1. The minimum Gasteiger partial charge on any atom is -0.350 e. The van der Waals surface area contributed by atoms with Gasteiger partial charge < -0.3 is 5.32 Å². The third-order valence-electron chi connectivity index (χ3n) is 5.53. The number of alkyl halides is 3. The number of hydrogen-bond acceptors (Lipinski definition) is 1. The highest BCUT2D eigenvalue weighted by Crippen LogP contribution is 2.65. The Hall–Kier alpha value is -2.04. The van der Waals surface area contributed by atoms with E-state index in [1.54, 1.807) is 18.2 Å². The van der Waals surface area contributed by atoms with Crippen molar-refractivity contribution in [2.45, 2.75) is 52.8 Å². The minimum absolute atomic E-state index is 0.0410. The molecule has 0 spiro atoms. The van der Waals surface area contributed by atoms with Crippen LogP contribution in [0.25, 0.3) is 0 Å². The number of hydrogen-bond donors (Lipinski definition) is 1. The van der Waals surface area contributed by atoms with Crippen molar-refractivity contribution in [3.63, 3.8) is 0 Å². The summed E-state index contributed by atoms with van der Waals surface area (Å²) in [5, 5.41) is 2.89. The van der Waals surface area contributed by atoms with Crippen LogP contribution in [0.1, 0.15) is 51.7 Å². The first-order valence-electron chi connectivity index (χ1n) is 9.27. The maximum atomic E-state index is 12.9. The third kappa shape index (κ3) is 5.24. The molecule has 1 N–H and O–H groups in total. The summed E-state index contributed by atoms with van der Waals surface area (Å²) in [7, 11) is 0. The lowest BCUT2D eigenvalue weighted by Gasteiger charge is -2.15. The van der Waals surface area contributed by atoms with E-state index in [1.165, 1.54) is 18.2 Å². The lowest BCUT2D eigenvalue weighted by molar-refractivity contribution is -0.137. The highest BCUT2D eigenvalue weighted by atomic mass is 19.4. The smallest absolute Gasteiger partial charge is 0.350 e. The molecule has 1 aromatic carbocycles. The van der Waals surface area contributed by atoms with Crippen LogP contribution in [0, 0.1) is 17.3 Å². The molecule has 0 aliphatic heterocycles. The van der Waals surface area contributed by atoms with Crippen molar-refractivity contribution >= 4 is 5.91 Å². The Morgan fingerprint density at radius 3 is 2.44 bits per heavy atom. The van der Waals surface area contributed by atoms with Crippen molar-refractivity contribution in [3.05, 3.63) is 59.7 Å². The average molecular weight is 379 g/mol. The first kappa shape index (κ1) is 21.3. The largest absolute Gasteiger partial charge is 0.416 e. The number of nitrogens with one attached hydrogen (secondary N) is 1. The molecule has 0 radical (unpaired) electrons. The fourth-order valence-corrected chi connectivity index (χ4v) is 3.35. The van der Waals surface area contributed by atoms with E-state index in [2.05, 4.69) is 5.32 Å². The molecule has 1 fully saturated rings. The first-order valence-corrected chi connectivity index (χ1v) is 9.27. The quantitative estimate of drug-likeness (QED) is 0.497.